The number of rotatable bonds is 9. The van der Waals surface area contributed by atoms with Gasteiger partial charge in [-0.2, -0.15) is 4.72 Å². The zero-order chi connectivity index (χ0) is 19.2. The van der Waals surface area contributed by atoms with Crippen LogP contribution in [0.3, 0.4) is 0 Å². The SMILES string of the molecule is O=C(O)COc1ccc(C[C@H](NS(=O)(=O)c2ccccc2)C(=O)O)cc1. The Morgan fingerprint density at radius 1 is 1.00 bits per heavy atom. The molecule has 0 heterocycles. The Hall–Kier alpha value is -2.91. The van der Waals surface area contributed by atoms with Crippen LogP contribution in [0.5, 0.6) is 5.75 Å². The highest BCUT2D eigenvalue weighted by molar-refractivity contribution is 7.89. The van der Waals surface area contributed by atoms with E-state index in [2.05, 4.69) is 4.72 Å². The predicted octanol–water partition coefficient (Wildman–Crippen LogP) is 1.12. The van der Waals surface area contributed by atoms with Gasteiger partial charge >= 0.3 is 11.9 Å². The predicted molar refractivity (Wildman–Crippen MR) is 91.5 cm³/mol. The summed E-state index contributed by atoms with van der Waals surface area (Å²) in [4.78, 5) is 21.9. The molecule has 0 aliphatic carbocycles. The monoisotopic (exact) mass is 379 g/mol. The number of hydrogen-bond acceptors (Lipinski definition) is 5. The smallest absolute Gasteiger partial charge is 0.341 e. The van der Waals surface area contributed by atoms with Gasteiger partial charge in [-0.1, -0.05) is 30.3 Å². The van der Waals surface area contributed by atoms with Crippen LogP contribution in [0.25, 0.3) is 0 Å². The summed E-state index contributed by atoms with van der Waals surface area (Å²) in [5.41, 5.74) is 0.552. The van der Waals surface area contributed by atoms with E-state index < -0.39 is 34.6 Å². The average molecular weight is 379 g/mol. The van der Waals surface area contributed by atoms with Crippen LogP contribution in [0.2, 0.25) is 0 Å². The highest BCUT2D eigenvalue weighted by Crippen LogP contribution is 2.15. The molecule has 2 aromatic carbocycles. The molecular weight excluding hydrogens is 362 g/mol. The number of benzene rings is 2. The van der Waals surface area contributed by atoms with Crippen molar-refractivity contribution in [3.8, 4) is 5.75 Å². The summed E-state index contributed by atoms with van der Waals surface area (Å²) in [6.07, 6.45) is -0.0827. The van der Waals surface area contributed by atoms with Crippen molar-refractivity contribution in [2.24, 2.45) is 0 Å². The molecule has 2 rings (SSSR count). The van der Waals surface area contributed by atoms with E-state index in [4.69, 9.17) is 9.84 Å². The van der Waals surface area contributed by atoms with E-state index in [0.717, 1.165) is 0 Å². The van der Waals surface area contributed by atoms with Gasteiger partial charge in [0.05, 0.1) is 4.90 Å². The van der Waals surface area contributed by atoms with Gasteiger partial charge in [0.1, 0.15) is 11.8 Å². The van der Waals surface area contributed by atoms with E-state index in [0.29, 0.717) is 11.3 Å². The van der Waals surface area contributed by atoms with Crippen LogP contribution in [-0.2, 0) is 26.0 Å². The number of hydrogen-bond donors (Lipinski definition) is 3. The van der Waals surface area contributed by atoms with Crippen molar-refractivity contribution in [2.75, 3.05) is 6.61 Å². The number of carboxylic acids is 2. The third kappa shape index (κ3) is 5.57. The van der Waals surface area contributed by atoms with Crippen molar-refractivity contribution in [2.45, 2.75) is 17.4 Å². The molecule has 0 aliphatic rings. The van der Waals surface area contributed by atoms with Gasteiger partial charge in [-0.25, -0.2) is 13.2 Å². The lowest BCUT2D eigenvalue weighted by molar-refractivity contribution is -0.140. The highest BCUT2D eigenvalue weighted by atomic mass is 32.2. The molecule has 0 spiro atoms. The molecule has 0 amide bonds. The molecule has 0 aromatic heterocycles. The maximum atomic E-state index is 12.3. The van der Waals surface area contributed by atoms with Gasteiger partial charge in [-0.15, -0.1) is 0 Å². The standard InChI is InChI=1S/C17H17NO7S/c19-16(20)11-25-13-8-6-12(7-9-13)10-15(17(21)22)18-26(23,24)14-4-2-1-3-5-14/h1-9,15,18H,10-11H2,(H,19,20)(H,21,22)/t15-/m0/s1. The van der Waals surface area contributed by atoms with E-state index in [1.54, 1.807) is 30.3 Å². The lowest BCUT2D eigenvalue weighted by atomic mass is 10.1. The summed E-state index contributed by atoms with van der Waals surface area (Å²) in [7, 11) is -3.97. The summed E-state index contributed by atoms with van der Waals surface area (Å²) in [6.45, 7) is -0.492. The fourth-order valence-electron chi connectivity index (χ4n) is 2.14. The molecule has 0 fully saturated rings. The zero-order valence-corrected chi connectivity index (χ0v) is 14.3. The van der Waals surface area contributed by atoms with Gasteiger partial charge in [0.15, 0.2) is 6.61 Å². The molecule has 0 saturated heterocycles. The topological polar surface area (TPSA) is 130 Å². The first-order chi connectivity index (χ1) is 12.3. The average Bonchev–Trinajstić information content (AvgIpc) is 2.61. The minimum absolute atomic E-state index is 0.0244. The minimum atomic E-state index is -3.97. The zero-order valence-electron chi connectivity index (χ0n) is 13.5. The number of ether oxygens (including phenoxy) is 1. The normalized spacial score (nSPS) is 12.3. The molecule has 2 aromatic rings. The Labute approximate surface area is 150 Å². The van der Waals surface area contributed by atoms with E-state index in [1.807, 2.05) is 0 Å². The summed E-state index contributed by atoms with van der Waals surface area (Å²) in [5.74, 6) is -2.11. The number of carboxylic acid groups (broad SMARTS) is 2. The highest BCUT2D eigenvalue weighted by Gasteiger charge is 2.25. The van der Waals surface area contributed by atoms with Crippen molar-refractivity contribution < 1.29 is 33.0 Å². The van der Waals surface area contributed by atoms with Gasteiger partial charge in [0.25, 0.3) is 0 Å². The van der Waals surface area contributed by atoms with Crippen LogP contribution in [-0.4, -0.2) is 43.2 Å². The summed E-state index contributed by atoms with van der Waals surface area (Å²) >= 11 is 0. The van der Waals surface area contributed by atoms with Crippen LogP contribution in [0, 0.1) is 0 Å². The van der Waals surface area contributed by atoms with E-state index in [1.165, 1.54) is 24.3 Å². The van der Waals surface area contributed by atoms with Crippen molar-refractivity contribution in [3.05, 3.63) is 60.2 Å². The Balaban J connectivity index is 2.09. The Morgan fingerprint density at radius 2 is 1.62 bits per heavy atom. The first-order valence-corrected chi connectivity index (χ1v) is 9.00. The Kier molecular flexibility index (Phi) is 6.31. The lowest BCUT2D eigenvalue weighted by Crippen LogP contribution is -2.42. The largest absolute Gasteiger partial charge is 0.482 e. The second kappa shape index (κ2) is 8.45. The fourth-order valence-corrected chi connectivity index (χ4v) is 3.35. The molecule has 0 saturated carbocycles. The van der Waals surface area contributed by atoms with Gasteiger partial charge in [-0.05, 0) is 36.2 Å². The molecule has 0 bridgehead atoms. The first-order valence-electron chi connectivity index (χ1n) is 7.51. The number of carbonyl (C=O) groups is 2. The van der Waals surface area contributed by atoms with Gasteiger partial charge in [-0.3, -0.25) is 4.79 Å². The number of aliphatic carboxylic acids is 2. The van der Waals surface area contributed by atoms with Crippen molar-refractivity contribution in [3.63, 3.8) is 0 Å². The third-order valence-electron chi connectivity index (χ3n) is 3.37. The molecule has 0 aliphatic heterocycles. The Morgan fingerprint density at radius 3 is 2.15 bits per heavy atom. The fraction of sp³-hybridized carbons (Fsp3) is 0.176. The summed E-state index contributed by atoms with van der Waals surface area (Å²) in [6, 6.07) is 12.2. The number of nitrogens with one attached hydrogen (secondary N) is 1. The second-order valence-electron chi connectivity index (χ2n) is 5.36. The van der Waals surface area contributed by atoms with Gasteiger partial charge < -0.3 is 14.9 Å². The van der Waals surface area contributed by atoms with E-state index in [-0.39, 0.29) is 11.3 Å². The molecule has 1 atom stereocenters. The maximum absolute atomic E-state index is 12.3. The third-order valence-corrected chi connectivity index (χ3v) is 4.86. The molecule has 0 radical (unpaired) electrons. The molecule has 8 nitrogen and oxygen atoms in total. The van der Waals surface area contributed by atoms with Crippen LogP contribution in [0.4, 0.5) is 0 Å². The van der Waals surface area contributed by atoms with Gasteiger partial charge in [0, 0.05) is 0 Å². The molecule has 3 N–H and O–H groups in total. The lowest BCUT2D eigenvalue weighted by Gasteiger charge is -2.15. The molecule has 138 valence electrons. The maximum Gasteiger partial charge on any atom is 0.341 e. The van der Waals surface area contributed by atoms with Gasteiger partial charge in [0.2, 0.25) is 10.0 Å². The van der Waals surface area contributed by atoms with E-state index >= 15 is 0 Å². The first kappa shape index (κ1) is 19.4. The molecule has 0 unspecified atom stereocenters. The minimum Gasteiger partial charge on any atom is -0.482 e. The van der Waals surface area contributed by atoms with E-state index in [9.17, 15) is 23.1 Å². The van der Waals surface area contributed by atoms with Crippen LogP contribution in [0.15, 0.2) is 59.5 Å². The molecular formula is C17H17NO7S. The van der Waals surface area contributed by atoms with Crippen molar-refractivity contribution in [1.29, 1.82) is 0 Å². The van der Waals surface area contributed by atoms with Crippen LogP contribution >= 0.6 is 0 Å². The van der Waals surface area contributed by atoms with Crippen molar-refractivity contribution in [1.82, 2.24) is 4.72 Å². The second-order valence-corrected chi connectivity index (χ2v) is 7.07. The van der Waals surface area contributed by atoms with Crippen LogP contribution in [0.1, 0.15) is 5.56 Å². The quantitative estimate of drug-likeness (QED) is 0.595. The molecule has 9 heteroatoms. The number of sulfonamides is 1. The van der Waals surface area contributed by atoms with Crippen molar-refractivity contribution >= 4 is 22.0 Å². The summed E-state index contributed by atoms with van der Waals surface area (Å²) < 4.78 is 31.7. The van der Waals surface area contributed by atoms with Crippen LogP contribution < -0.4 is 9.46 Å². The summed E-state index contributed by atoms with van der Waals surface area (Å²) in [5, 5.41) is 17.9. The Bertz CT molecular complexity index is 864. The molecule has 26 heavy (non-hydrogen) atoms.